The van der Waals surface area contributed by atoms with Gasteiger partial charge in [-0.15, -0.1) is 11.3 Å². The van der Waals surface area contributed by atoms with Crippen LogP contribution >= 0.6 is 11.3 Å². The average Bonchev–Trinajstić information content (AvgIpc) is 3.25. The molecule has 1 amide bonds. The highest BCUT2D eigenvalue weighted by molar-refractivity contribution is 7.12. The van der Waals surface area contributed by atoms with Crippen LogP contribution in [0.3, 0.4) is 0 Å². The lowest BCUT2D eigenvalue weighted by atomic mass is 10.2. The predicted molar refractivity (Wildman–Crippen MR) is 88.5 cm³/mol. The Bertz CT molecular complexity index is 805. The first-order valence-corrected chi connectivity index (χ1v) is 8.51. The van der Waals surface area contributed by atoms with Crippen LogP contribution in [0.15, 0.2) is 42.2 Å². The van der Waals surface area contributed by atoms with Crippen LogP contribution in [0.5, 0.6) is 0 Å². The maximum Gasteiger partial charge on any atom is 0.264 e. The number of aromatic nitrogens is 3. The Balaban J connectivity index is 1.39. The Labute approximate surface area is 138 Å². The lowest BCUT2D eigenvalue weighted by Crippen LogP contribution is -2.48. The van der Waals surface area contributed by atoms with Gasteiger partial charge in [-0.1, -0.05) is 6.07 Å². The van der Waals surface area contributed by atoms with Crippen LogP contribution < -0.4 is 0 Å². The molecule has 0 bridgehead atoms. The Morgan fingerprint density at radius 1 is 1.22 bits per heavy atom. The SMILES string of the molecule is O=C(c1cccs1)N1CCN(Cc2cnn3cccnc23)CC1. The fraction of sp³-hybridized carbons (Fsp3) is 0.312. The molecule has 4 heterocycles. The molecule has 0 aliphatic carbocycles. The van der Waals surface area contributed by atoms with Crippen molar-refractivity contribution in [3.05, 3.63) is 52.6 Å². The molecule has 0 saturated carbocycles. The van der Waals surface area contributed by atoms with Crippen LogP contribution in [0.1, 0.15) is 15.2 Å². The molecule has 4 rings (SSSR count). The number of carbonyl (C=O) groups excluding carboxylic acids is 1. The van der Waals surface area contributed by atoms with Gasteiger partial charge in [-0.05, 0) is 17.5 Å². The number of amides is 1. The van der Waals surface area contributed by atoms with Crippen molar-refractivity contribution in [2.45, 2.75) is 6.54 Å². The number of nitrogens with zero attached hydrogens (tertiary/aromatic N) is 5. The minimum Gasteiger partial charge on any atom is -0.335 e. The minimum absolute atomic E-state index is 0.150. The fourth-order valence-electron chi connectivity index (χ4n) is 2.89. The maximum atomic E-state index is 12.4. The highest BCUT2D eigenvalue weighted by Crippen LogP contribution is 2.16. The van der Waals surface area contributed by atoms with E-state index in [-0.39, 0.29) is 5.91 Å². The monoisotopic (exact) mass is 327 g/mol. The molecule has 0 N–H and O–H groups in total. The second kappa shape index (κ2) is 6.10. The summed E-state index contributed by atoms with van der Waals surface area (Å²) >= 11 is 1.51. The van der Waals surface area contributed by atoms with Gasteiger partial charge in [0.2, 0.25) is 0 Å². The Morgan fingerprint density at radius 2 is 2.09 bits per heavy atom. The molecule has 3 aromatic rings. The lowest BCUT2D eigenvalue weighted by molar-refractivity contribution is 0.0633. The Morgan fingerprint density at radius 3 is 2.87 bits per heavy atom. The molecular weight excluding hydrogens is 310 g/mol. The molecular formula is C16H17N5OS. The molecule has 1 aliphatic rings. The van der Waals surface area contributed by atoms with E-state index in [9.17, 15) is 4.79 Å². The average molecular weight is 327 g/mol. The van der Waals surface area contributed by atoms with Crippen molar-refractivity contribution in [2.75, 3.05) is 26.2 Å². The summed E-state index contributed by atoms with van der Waals surface area (Å²) in [6, 6.07) is 5.69. The number of hydrogen-bond acceptors (Lipinski definition) is 5. The third-order valence-electron chi connectivity index (χ3n) is 4.14. The summed E-state index contributed by atoms with van der Waals surface area (Å²) in [5, 5.41) is 6.27. The smallest absolute Gasteiger partial charge is 0.264 e. The maximum absolute atomic E-state index is 12.4. The molecule has 0 atom stereocenters. The van der Waals surface area contributed by atoms with E-state index in [1.54, 1.807) is 10.7 Å². The van der Waals surface area contributed by atoms with Gasteiger partial charge >= 0.3 is 0 Å². The molecule has 3 aromatic heterocycles. The lowest BCUT2D eigenvalue weighted by Gasteiger charge is -2.34. The van der Waals surface area contributed by atoms with Gasteiger partial charge in [0.15, 0.2) is 5.65 Å². The summed E-state index contributed by atoms with van der Waals surface area (Å²) in [5.41, 5.74) is 2.04. The number of rotatable bonds is 3. The van der Waals surface area contributed by atoms with Crippen LogP contribution in [-0.2, 0) is 6.54 Å². The summed E-state index contributed by atoms with van der Waals surface area (Å²) in [6.45, 7) is 4.11. The van der Waals surface area contributed by atoms with Gasteiger partial charge < -0.3 is 4.90 Å². The Kier molecular flexibility index (Phi) is 3.80. The number of piperazine rings is 1. The van der Waals surface area contributed by atoms with Gasteiger partial charge in [-0.2, -0.15) is 5.10 Å². The molecule has 23 heavy (non-hydrogen) atoms. The van der Waals surface area contributed by atoms with Crippen molar-refractivity contribution in [1.82, 2.24) is 24.4 Å². The van der Waals surface area contributed by atoms with Gasteiger partial charge in [0, 0.05) is 50.7 Å². The number of thiophene rings is 1. The van der Waals surface area contributed by atoms with E-state index in [1.165, 1.54) is 11.3 Å². The molecule has 0 unspecified atom stereocenters. The summed E-state index contributed by atoms with van der Waals surface area (Å²) in [7, 11) is 0. The largest absolute Gasteiger partial charge is 0.335 e. The molecule has 0 aromatic carbocycles. The number of fused-ring (bicyclic) bond motifs is 1. The molecule has 1 saturated heterocycles. The van der Waals surface area contributed by atoms with Crippen molar-refractivity contribution >= 4 is 22.9 Å². The van der Waals surface area contributed by atoms with Gasteiger partial charge in [0.1, 0.15) is 0 Å². The van der Waals surface area contributed by atoms with Crippen molar-refractivity contribution < 1.29 is 4.79 Å². The summed E-state index contributed by atoms with van der Waals surface area (Å²) in [4.78, 5) is 21.9. The molecule has 7 heteroatoms. The molecule has 118 valence electrons. The number of carbonyl (C=O) groups is 1. The predicted octanol–water partition coefficient (Wildman–Crippen LogP) is 1.75. The summed E-state index contributed by atoms with van der Waals surface area (Å²) in [6.07, 6.45) is 5.58. The molecule has 1 aliphatic heterocycles. The highest BCUT2D eigenvalue weighted by atomic mass is 32.1. The van der Waals surface area contributed by atoms with E-state index in [0.717, 1.165) is 48.8 Å². The first kappa shape index (κ1) is 14.3. The quantitative estimate of drug-likeness (QED) is 0.735. The zero-order valence-electron chi connectivity index (χ0n) is 12.6. The highest BCUT2D eigenvalue weighted by Gasteiger charge is 2.23. The number of hydrogen-bond donors (Lipinski definition) is 0. The van der Waals surface area contributed by atoms with Crippen LogP contribution in [-0.4, -0.2) is 56.5 Å². The first-order valence-electron chi connectivity index (χ1n) is 7.63. The fourth-order valence-corrected chi connectivity index (χ4v) is 3.58. The normalized spacial score (nSPS) is 16.1. The molecule has 0 radical (unpaired) electrons. The zero-order valence-corrected chi connectivity index (χ0v) is 13.4. The standard InChI is InChI=1S/C16H17N5OS/c22-16(14-3-1-10-23-14)20-8-6-19(7-9-20)12-13-11-18-21-5-2-4-17-15(13)21/h1-5,10-11H,6-9,12H2. The van der Waals surface area contributed by atoms with Gasteiger partial charge in [-0.3, -0.25) is 9.69 Å². The molecule has 6 nitrogen and oxygen atoms in total. The first-order chi connectivity index (χ1) is 11.3. The van der Waals surface area contributed by atoms with Crippen molar-refractivity contribution in [3.8, 4) is 0 Å². The van der Waals surface area contributed by atoms with E-state index < -0.39 is 0 Å². The van der Waals surface area contributed by atoms with Gasteiger partial charge in [-0.25, -0.2) is 9.50 Å². The van der Waals surface area contributed by atoms with Crippen molar-refractivity contribution in [3.63, 3.8) is 0 Å². The second-order valence-electron chi connectivity index (χ2n) is 5.60. The van der Waals surface area contributed by atoms with Crippen molar-refractivity contribution in [2.24, 2.45) is 0 Å². The van der Waals surface area contributed by atoms with Crippen LogP contribution in [0.25, 0.3) is 5.65 Å². The van der Waals surface area contributed by atoms with E-state index in [2.05, 4.69) is 15.0 Å². The summed E-state index contributed by atoms with van der Waals surface area (Å²) < 4.78 is 1.80. The van der Waals surface area contributed by atoms with E-state index in [1.807, 2.05) is 40.9 Å². The van der Waals surface area contributed by atoms with Crippen molar-refractivity contribution in [1.29, 1.82) is 0 Å². The third kappa shape index (κ3) is 2.85. The van der Waals surface area contributed by atoms with E-state index in [0.29, 0.717) is 0 Å². The van der Waals surface area contributed by atoms with E-state index >= 15 is 0 Å². The third-order valence-corrected chi connectivity index (χ3v) is 5.00. The van der Waals surface area contributed by atoms with Crippen LogP contribution in [0, 0.1) is 0 Å². The topological polar surface area (TPSA) is 53.7 Å². The second-order valence-corrected chi connectivity index (χ2v) is 6.55. The molecule has 1 fully saturated rings. The van der Waals surface area contributed by atoms with E-state index in [4.69, 9.17) is 0 Å². The minimum atomic E-state index is 0.150. The Hall–Kier alpha value is -2.25. The van der Waals surface area contributed by atoms with Gasteiger partial charge in [0.05, 0.1) is 11.1 Å². The van der Waals surface area contributed by atoms with Crippen LogP contribution in [0.4, 0.5) is 0 Å². The zero-order chi connectivity index (χ0) is 15.6. The van der Waals surface area contributed by atoms with Crippen LogP contribution in [0.2, 0.25) is 0 Å². The summed E-state index contributed by atoms with van der Waals surface area (Å²) in [5.74, 6) is 0.150. The van der Waals surface area contributed by atoms with Gasteiger partial charge in [0.25, 0.3) is 5.91 Å². The molecule has 0 spiro atoms.